The fraction of sp³-hybridized carbons (Fsp3) is 0.875. The Labute approximate surface area is 297 Å². The molecule has 0 aromatic carbocycles. The zero-order valence-corrected chi connectivity index (χ0v) is 32.9. The Kier molecular flexibility index (Phi) is 26.5. The molecule has 3 rings (SSSR count). The number of carbonyl (C=O) groups is 1. The smallest absolute Gasteiger partial charge is 0.220 e. The molecule has 8 nitrogen and oxygen atoms in total. The van der Waals surface area contributed by atoms with Gasteiger partial charge in [-0.1, -0.05) is 69.2 Å². The predicted molar refractivity (Wildman–Crippen MR) is 206 cm³/mol. The Hall–Kier alpha value is -1.29. The van der Waals surface area contributed by atoms with Crippen molar-refractivity contribution in [2.24, 2.45) is 5.73 Å². The van der Waals surface area contributed by atoms with E-state index in [0.29, 0.717) is 12.5 Å². The van der Waals surface area contributed by atoms with E-state index in [1.165, 1.54) is 101 Å². The molecule has 0 radical (unpaired) electrons. The molecule has 0 aliphatic carbocycles. The van der Waals surface area contributed by atoms with Gasteiger partial charge in [-0.2, -0.15) is 0 Å². The summed E-state index contributed by atoms with van der Waals surface area (Å²) in [7, 11) is 0. The first-order valence-electron chi connectivity index (χ1n) is 19.9. The molecule has 3 N–H and O–H groups in total. The van der Waals surface area contributed by atoms with E-state index in [0.717, 1.165) is 65.1 Å². The Balaban J connectivity index is 0.000000368. The number of hydrogen-bond acceptors (Lipinski definition) is 7. The number of piperazine rings is 1. The van der Waals surface area contributed by atoms with Crippen molar-refractivity contribution in [2.45, 2.75) is 151 Å². The number of nitrogens with one attached hydrogen (secondary N) is 1. The number of unbranched alkanes of at least 4 members (excludes halogenated alkanes) is 5. The third kappa shape index (κ3) is 21.0. The quantitative estimate of drug-likeness (QED) is 0.104. The highest BCUT2D eigenvalue weighted by molar-refractivity contribution is 5.76. The van der Waals surface area contributed by atoms with Gasteiger partial charge < -0.3 is 30.3 Å². The summed E-state index contributed by atoms with van der Waals surface area (Å²) in [5.41, 5.74) is 10.2. The monoisotopic (exact) mass is 678 g/mol. The lowest BCUT2D eigenvalue weighted by molar-refractivity contribution is -0.123. The van der Waals surface area contributed by atoms with E-state index < -0.39 is 0 Å². The molecule has 0 saturated carbocycles. The minimum atomic E-state index is 0.133. The number of amides is 1. The van der Waals surface area contributed by atoms with Gasteiger partial charge in [-0.25, -0.2) is 0 Å². The van der Waals surface area contributed by atoms with Gasteiger partial charge in [-0.05, 0) is 92.7 Å². The van der Waals surface area contributed by atoms with E-state index >= 15 is 0 Å². The van der Waals surface area contributed by atoms with Gasteiger partial charge in [0.15, 0.2) is 0 Å². The summed E-state index contributed by atoms with van der Waals surface area (Å²) >= 11 is 0. The second-order valence-electron chi connectivity index (χ2n) is 14.4. The summed E-state index contributed by atoms with van der Waals surface area (Å²) < 4.78 is 11.3. The third-order valence-electron chi connectivity index (χ3n) is 9.86. The lowest BCUT2D eigenvalue weighted by atomic mass is 10.0. The minimum absolute atomic E-state index is 0.133. The maximum atomic E-state index is 11.0. The fourth-order valence-electron chi connectivity index (χ4n) is 6.51. The first-order chi connectivity index (χ1) is 23.1. The van der Waals surface area contributed by atoms with Crippen molar-refractivity contribution in [3.05, 3.63) is 22.8 Å². The van der Waals surface area contributed by atoms with Gasteiger partial charge >= 0.3 is 0 Å². The maximum Gasteiger partial charge on any atom is 0.220 e. The third-order valence-corrected chi connectivity index (χ3v) is 9.86. The summed E-state index contributed by atoms with van der Waals surface area (Å²) in [4.78, 5) is 18.7. The Morgan fingerprint density at radius 2 is 1.48 bits per heavy atom. The van der Waals surface area contributed by atoms with Crippen LogP contribution >= 0.6 is 0 Å². The predicted octanol–water partition coefficient (Wildman–Crippen LogP) is 7.18. The summed E-state index contributed by atoms with van der Waals surface area (Å²) in [6.07, 6.45) is 16.4. The van der Waals surface area contributed by atoms with E-state index in [-0.39, 0.29) is 18.1 Å². The van der Waals surface area contributed by atoms with E-state index in [1.807, 2.05) is 13.8 Å². The standard InChI is InChI=1S/C17H35NO2.C12H26N2.C11H18N2O/c1-5-11-19-12-9-7-8-10-13-20-15(3)14-17(6-2)16(4)18;1-3-5-6-8-14-11-9-13(7-4-2)10-12-14;1-8-6-13(7-9(8)2)10-3-4-11(14)12-5-10/h6,15-16H,5,7-14,18H2,1-4H3;3-12H2,1-2H3;10H,3-7H2,1-2H3,(H,12,14)/b17-6+;;/t15?,16-;;/m1../s1. The van der Waals surface area contributed by atoms with Crippen LogP contribution in [0.25, 0.3) is 0 Å². The van der Waals surface area contributed by atoms with Gasteiger partial charge in [0.1, 0.15) is 0 Å². The number of carbonyl (C=O) groups excluding carboxylic acids is 1. The van der Waals surface area contributed by atoms with Gasteiger partial charge in [-0.15, -0.1) is 0 Å². The molecule has 3 aliphatic rings. The van der Waals surface area contributed by atoms with Crippen LogP contribution in [0.3, 0.4) is 0 Å². The van der Waals surface area contributed by atoms with E-state index in [4.69, 9.17) is 15.2 Å². The van der Waals surface area contributed by atoms with Gasteiger partial charge in [0.25, 0.3) is 0 Å². The summed E-state index contributed by atoms with van der Waals surface area (Å²) in [6, 6.07) is 0.689. The Bertz CT molecular complexity index is 845. The second kappa shape index (κ2) is 28.4. The molecule has 48 heavy (non-hydrogen) atoms. The van der Waals surface area contributed by atoms with Crippen LogP contribution in [-0.4, -0.2) is 118 Å². The molecular weight excluding hydrogens is 598 g/mol. The minimum Gasteiger partial charge on any atom is -0.381 e. The second-order valence-corrected chi connectivity index (χ2v) is 14.4. The number of nitrogens with zero attached hydrogens (tertiary/aromatic N) is 3. The molecule has 8 heteroatoms. The highest BCUT2D eigenvalue weighted by Gasteiger charge is 2.27. The zero-order valence-electron chi connectivity index (χ0n) is 32.9. The van der Waals surface area contributed by atoms with Gasteiger partial charge in [0, 0.05) is 84.1 Å². The fourth-order valence-corrected chi connectivity index (χ4v) is 6.51. The Morgan fingerprint density at radius 3 is 2.00 bits per heavy atom. The molecule has 282 valence electrons. The van der Waals surface area contributed by atoms with Crippen LogP contribution in [0, 0.1) is 0 Å². The molecule has 0 spiro atoms. The molecule has 2 fully saturated rings. The number of ether oxygens (including phenoxy) is 2. The number of allylic oxidation sites excluding steroid dienone is 1. The molecule has 0 aromatic rings. The normalized spacial score (nSPS) is 20.9. The number of hydrogen-bond donors (Lipinski definition) is 2. The van der Waals surface area contributed by atoms with Crippen LogP contribution in [0.1, 0.15) is 132 Å². The van der Waals surface area contributed by atoms with Crippen molar-refractivity contribution in [3.63, 3.8) is 0 Å². The molecule has 1 amide bonds. The summed E-state index contributed by atoms with van der Waals surface area (Å²) in [5, 5.41) is 2.94. The molecule has 2 saturated heterocycles. The highest BCUT2D eigenvalue weighted by atomic mass is 16.5. The molecule has 0 aromatic heterocycles. The van der Waals surface area contributed by atoms with Crippen LogP contribution in [0.4, 0.5) is 0 Å². The van der Waals surface area contributed by atoms with E-state index in [2.05, 4.69) is 67.6 Å². The van der Waals surface area contributed by atoms with E-state index in [1.54, 1.807) is 0 Å². The average Bonchev–Trinajstić information content (AvgIpc) is 3.42. The molecule has 3 heterocycles. The van der Waals surface area contributed by atoms with Crippen molar-refractivity contribution < 1.29 is 14.3 Å². The van der Waals surface area contributed by atoms with Crippen LogP contribution in [0.2, 0.25) is 0 Å². The number of nitrogens with two attached hydrogens (primary N) is 1. The van der Waals surface area contributed by atoms with Crippen LogP contribution in [-0.2, 0) is 14.3 Å². The molecule has 2 unspecified atom stereocenters. The topological polar surface area (TPSA) is 83.3 Å². The van der Waals surface area contributed by atoms with Gasteiger partial charge in [0.05, 0.1) is 6.10 Å². The van der Waals surface area contributed by atoms with Crippen molar-refractivity contribution in [1.82, 2.24) is 20.0 Å². The van der Waals surface area contributed by atoms with Gasteiger partial charge in [-0.3, -0.25) is 9.69 Å². The SMILES string of the molecule is C/C=C(\CC(C)OCCCCCCOCCC)[C@@H](C)N.CC1=C(C)CN(C2CCC(=O)NC2)C1.CCCCCN1CCN(CCC)CC1. The van der Waals surface area contributed by atoms with Crippen molar-refractivity contribution in [1.29, 1.82) is 0 Å². The number of piperidine rings is 1. The first-order valence-corrected chi connectivity index (χ1v) is 19.9. The lowest BCUT2D eigenvalue weighted by Crippen LogP contribution is -2.47. The van der Waals surface area contributed by atoms with Crippen LogP contribution in [0.5, 0.6) is 0 Å². The number of rotatable bonds is 20. The first kappa shape index (κ1) is 44.7. The molecule has 3 atom stereocenters. The lowest BCUT2D eigenvalue weighted by Gasteiger charge is -2.34. The molecular formula is C40H79N5O3. The summed E-state index contributed by atoms with van der Waals surface area (Å²) in [6.45, 7) is 30.8. The maximum absolute atomic E-state index is 11.0. The van der Waals surface area contributed by atoms with Crippen LogP contribution in [0.15, 0.2) is 22.8 Å². The summed E-state index contributed by atoms with van der Waals surface area (Å²) in [5.74, 6) is 0.210. The largest absolute Gasteiger partial charge is 0.381 e. The van der Waals surface area contributed by atoms with Crippen molar-refractivity contribution in [3.8, 4) is 0 Å². The van der Waals surface area contributed by atoms with Crippen molar-refractivity contribution >= 4 is 5.91 Å². The molecule has 0 bridgehead atoms. The van der Waals surface area contributed by atoms with Gasteiger partial charge in [0.2, 0.25) is 5.91 Å². The van der Waals surface area contributed by atoms with Crippen LogP contribution < -0.4 is 11.1 Å². The zero-order chi connectivity index (χ0) is 35.6. The van der Waals surface area contributed by atoms with E-state index in [9.17, 15) is 4.79 Å². The highest BCUT2D eigenvalue weighted by Crippen LogP contribution is 2.21. The Morgan fingerprint density at radius 1 is 0.854 bits per heavy atom. The average molecular weight is 678 g/mol. The molecule has 3 aliphatic heterocycles. The van der Waals surface area contributed by atoms with Crippen molar-refractivity contribution in [2.75, 3.05) is 78.7 Å².